The smallest absolute Gasteiger partial charge is 0.351 e. The van der Waals surface area contributed by atoms with Crippen molar-refractivity contribution in [3.05, 3.63) is 64.3 Å². The number of rotatable bonds is 4. The Labute approximate surface area is 174 Å². The predicted molar refractivity (Wildman–Crippen MR) is 112 cm³/mol. The van der Waals surface area contributed by atoms with Gasteiger partial charge in [-0.05, 0) is 30.5 Å². The maximum atomic E-state index is 12.6. The van der Waals surface area contributed by atoms with Gasteiger partial charge in [-0.15, -0.1) is 0 Å². The SMILES string of the molecule is Cc1ccc(-c2ccc3c(c2)CCn2c-3cc(OCC3COCCO3)nc2=O)cn1. The second-order valence-corrected chi connectivity index (χ2v) is 7.60. The average Bonchev–Trinajstić information content (AvgIpc) is 2.78. The number of ether oxygens (including phenoxy) is 3. The van der Waals surface area contributed by atoms with Crippen molar-refractivity contribution in [3.63, 3.8) is 0 Å². The molecular formula is C23H23N3O4. The number of aromatic nitrogens is 3. The van der Waals surface area contributed by atoms with Crippen LogP contribution in [0.3, 0.4) is 0 Å². The van der Waals surface area contributed by atoms with Gasteiger partial charge in [0.2, 0.25) is 5.88 Å². The molecule has 2 aliphatic heterocycles. The Bertz CT molecular complexity index is 1120. The van der Waals surface area contributed by atoms with Crippen molar-refractivity contribution in [2.75, 3.05) is 26.4 Å². The number of hydrogen-bond acceptors (Lipinski definition) is 6. The third-order valence-corrected chi connectivity index (χ3v) is 5.52. The van der Waals surface area contributed by atoms with E-state index in [0.717, 1.165) is 34.5 Å². The summed E-state index contributed by atoms with van der Waals surface area (Å²) in [5, 5.41) is 0. The van der Waals surface area contributed by atoms with Gasteiger partial charge in [0.05, 0.1) is 25.5 Å². The van der Waals surface area contributed by atoms with Crippen LogP contribution in [0.2, 0.25) is 0 Å². The van der Waals surface area contributed by atoms with Crippen LogP contribution in [0.4, 0.5) is 0 Å². The molecule has 1 saturated heterocycles. The molecule has 0 bridgehead atoms. The van der Waals surface area contributed by atoms with Gasteiger partial charge in [0, 0.05) is 35.6 Å². The highest BCUT2D eigenvalue weighted by atomic mass is 16.6. The summed E-state index contributed by atoms with van der Waals surface area (Å²) in [5.74, 6) is 0.320. The standard InChI is InChI=1S/C23H23N3O4/c1-15-2-3-18(12-24-15)16-4-5-20-17(10-16)6-7-26-21(20)11-22(25-23(26)27)30-14-19-13-28-8-9-29-19/h2-5,10-12,19H,6-9,13-14H2,1H3. The first-order chi connectivity index (χ1) is 14.7. The summed E-state index contributed by atoms with van der Waals surface area (Å²) < 4.78 is 18.5. The minimum atomic E-state index is -0.291. The highest BCUT2D eigenvalue weighted by Gasteiger charge is 2.21. The molecule has 2 aliphatic rings. The van der Waals surface area contributed by atoms with Gasteiger partial charge >= 0.3 is 5.69 Å². The van der Waals surface area contributed by atoms with E-state index in [1.54, 1.807) is 4.57 Å². The molecule has 1 aromatic carbocycles. The van der Waals surface area contributed by atoms with Crippen LogP contribution in [0, 0.1) is 6.92 Å². The van der Waals surface area contributed by atoms with Gasteiger partial charge in [-0.25, -0.2) is 4.79 Å². The van der Waals surface area contributed by atoms with Crippen LogP contribution in [0.5, 0.6) is 5.88 Å². The molecule has 1 atom stereocenters. The maximum absolute atomic E-state index is 12.6. The van der Waals surface area contributed by atoms with Crippen molar-refractivity contribution in [1.29, 1.82) is 0 Å². The second kappa shape index (κ2) is 8.01. The quantitative estimate of drug-likeness (QED) is 0.664. The van der Waals surface area contributed by atoms with Crippen molar-refractivity contribution < 1.29 is 14.2 Å². The zero-order valence-electron chi connectivity index (χ0n) is 16.8. The number of nitrogens with zero attached hydrogens (tertiary/aromatic N) is 3. The minimum Gasteiger partial charge on any atom is -0.475 e. The first kappa shape index (κ1) is 19.0. The molecule has 0 amide bonds. The van der Waals surface area contributed by atoms with Crippen molar-refractivity contribution in [3.8, 4) is 28.3 Å². The van der Waals surface area contributed by atoms with E-state index >= 15 is 0 Å². The Kier molecular flexibility index (Phi) is 5.06. The third-order valence-electron chi connectivity index (χ3n) is 5.52. The number of pyridine rings is 1. The summed E-state index contributed by atoms with van der Waals surface area (Å²) in [5.41, 5.74) is 5.98. The number of benzene rings is 1. The summed E-state index contributed by atoms with van der Waals surface area (Å²) in [6, 6.07) is 12.3. The topological polar surface area (TPSA) is 75.5 Å². The highest BCUT2D eigenvalue weighted by Crippen LogP contribution is 2.33. The summed E-state index contributed by atoms with van der Waals surface area (Å²) in [4.78, 5) is 21.1. The van der Waals surface area contributed by atoms with Crippen LogP contribution in [-0.4, -0.2) is 47.1 Å². The molecule has 0 spiro atoms. The molecule has 2 aromatic heterocycles. The van der Waals surface area contributed by atoms with Crippen molar-refractivity contribution in [2.24, 2.45) is 0 Å². The molecule has 1 unspecified atom stereocenters. The Morgan fingerprint density at radius 1 is 1.17 bits per heavy atom. The lowest BCUT2D eigenvalue weighted by atomic mass is 9.93. The summed E-state index contributed by atoms with van der Waals surface area (Å²) >= 11 is 0. The van der Waals surface area contributed by atoms with Crippen LogP contribution in [0.25, 0.3) is 22.4 Å². The van der Waals surface area contributed by atoms with Gasteiger partial charge in [-0.1, -0.05) is 24.3 Å². The first-order valence-electron chi connectivity index (χ1n) is 10.2. The monoisotopic (exact) mass is 405 g/mol. The number of aryl methyl sites for hydroxylation is 2. The largest absolute Gasteiger partial charge is 0.475 e. The van der Waals surface area contributed by atoms with Gasteiger partial charge in [-0.3, -0.25) is 9.55 Å². The molecule has 5 rings (SSSR count). The lowest BCUT2D eigenvalue weighted by molar-refractivity contribution is -0.102. The zero-order chi connectivity index (χ0) is 20.5. The van der Waals surface area contributed by atoms with Crippen LogP contribution < -0.4 is 10.4 Å². The van der Waals surface area contributed by atoms with Gasteiger partial charge in [0.1, 0.15) is 12.7 Å². The molecule has 0 radical (unpaired) electrons. The zero-order valence-corrected chi connectivity index (χ0v) is 16.8. The Balaban J connectivity index is 1.44. The van der Waals surface area contributed by atoms with Gasteiger partial charge in [0.25, 0.3) is 0 Å². The third kappa shape index (κ3) is 3.74. The summed E-state index contributed by atoms with van der Waals surface area (Å²) in [6.45, 7) is 4.54. The molecule has 4 heterocycles. The molecule has 1 fully saturated rings. The van der Waals surface area contributed by atoms with Crippen LogP contribution in [0.15, 0.2) is 47.4 Å². The normalized spacial score (nSPS) is 17.8. The van der Waals surface area contributed by atoms with E-state index in [2.05, 4.69) is 34.2 Å². The van der Waals surface area contributed by atoms with Gasteiger partial charge in [0.15, 0.2) is 0 Å². The van der Waals surface area contributed by atoms with E-state index in [1.807, 2.05) is 25.3 Å². The lowest BCUT2D eigenvalue weighted by Crippen LogP contribution is -2.34. The lowest BCUT2D eigenvalue weighted by Gasteiger charge is -2.24. The summed E-state index contributed by atoms with van der Waals surface area (Å²) in [7, 11) is 0. The van der Waals surface area contributed by atoms with Crippen molar-refractivity contribution in [1.82, 2.24) is 14.5 Å². The van der Waals surface area contributed by atoms with E-state index in [-0.39, 0.29) is 11.8 Å². The maximum Gasteiger partial charge on any atom is 0.351 e. The van der Waals surface area contributed by atoms with E-state index in [4.69, 9.17) is 14.2 Å². The van der Waals surface area contributed by atoms with E-state index in [9.17, 15) is 4.79 Å². The molecule has 7 nitrogen and oxygen atoms in total. The van der Waals surface area contributed by atoms with E-state index in [1.165, 1.54) is 5.56 Å². The average molecular weight is 405 g/mol. The molecular weight excluding hydrogens is 382 g/mol. The van der Waals surface area contributed by atoms with E-state index < -0.39 is 0 Å². The highest BCUT2D eigenvalue weighted by molar-refractivity contribution is 5.73. The first-order valence-corrected chi connectivity index (χ1v) is 10.2. The number of hydrogen-bond donors (Lipinski definition) is 0. The number of fused-ring (bicyclic) bond motifs is 3. The molecule has 154 valence electrons. The van der Waals surface area contributed by atoms with Crippen LogP contribution in [-0.2, 0) is 22.4 Å². The Morgan fingerprint density at radius 2 is 2.07 bits per heavy atom. The fourth-order valence-electron chi connectivity index (χ4n) is 3.91. The molecule has 3 aromatic rings. The van der Waals surface area contributed by atoms with Gasteiger partial charge in [-0.2, -0.15) is 4.98 Å². The molecule has 30 heavy (non-hydrogen) atoms. The van der Waals surface area contributed by atoms with Gasteiger partial charge < -0.3 is 14.2 Å². The Hall–Kier alpha value is -3.03. The van der Waals surface area contributed by atoms with E-state index in [0.29, 0.717) is 38.9 Å². The summed E-state index contributed by atoms with van der Waals surface area (Å²) in [6.07, 6.45) is 2.53. The Morgan fingerprint density at radius 3 is 2.87 bits per heavy atom. The molecule has 0 aliphatic carbocycles. The van der Waals surface area contributed by atoms with Crippen LogP contribution in [0.1, 0.15) is 11.3 Å². The molecule has 0 N–H and O–H groups in total. The minimum absolute atomic E-state index is 0.141. The van der Waals surface area contributed by atoms with Crippen molar-refractivity contribution >= 4 is 0 Å². The second-order valence-electron chi connectivity index (χ2n) is 7.60. The fourth-order valence-corrected chi connectivity index (χ4v) is 3.91. The van der Waals surface area contributed by atoms with Crippen molar-refractivity contribution in [2.45, 2.75) is 26.0 Å². The molecule has 7 heteroatoms. The molecule has 0 saturated carbocycles. The predicted octanol–water partition coefficient (Wildman–Crippen LogP) is 2.63. The fraction of sp³-hybridized carbons (Fsp3) is 0.348. The van der Waals surface area contributed by atoms with Crippen LogP contribution >= 0.6 is 0 Å².